The molecule has 8 N–H and O–H groups in total. The Balaban J connectivity index is -0.0000000656. The standard InChI is InChI=1S/C5H10O2.C5H4O2.C5H10O2.C5H12O2.C5H8O.Ni.2H2O.2H2/c2*6-4-5-2-1-3-7-5;6-5-3-1-2-4-7-5;6-4-2-1-3-5-7;1-2-4-6-5-3-1;;;;;/h5-6H,1-4H2;1-4H;5-6H,1-4H2;6-7H,1-5H2;2,4H,1,3,5H2;;2*1H2;2*1H/p+1. The molecule has 0 radical (unpaired) electrons. The van der Waals surface area contributed by atoms with E-state index >= 15 is 0 Å². The summed E-state index contributed by atoms with van der Waals surface area (Å²) in [4.78, 5) is 9.77. The van der Waals surface area contributed by atoms with E-state index in [0.29, 0.717) is 12.0 Å². The molecule has 2 saturated heterocycles. The zero-order chi connectivity index (χ0) is 25.1. The fraction of sp³-hybridized carbons (Fsp3) is 0.720. The predicted molar refractivity (Wildman–Crippen MR) is 141 cm³/mol. The first kappa shape index (κ1) is 42.7. The number of carbonyl (C=O) groups is 1. The Morgan fingerprint density at radius 1 is 0.946 bits per heavy atom. The first-order valence-electron chi connectivity index (χ1n) is 12.2. The van der Waals surface area contributed by atoms with Crippen molar-refractivity contribution in [3.05, 3.63) is 36.5 Å². The summed E-state index contributed by atoms with van der Waals surface area (Å²) in [7, 11) is 0. The molecule has 0 aromatic carbocycles. The molecule has 4 heterocycles. The minimum Gasteiger partial charge on any atom is -0.502 e. The topological polar surface area (TPSA) is 202 Å². The van der Waals surface area contributed by atoms with Gasteiger partial charge < -0.3 is 50.0 Å². The summed E-state index contributed by atoms with van der Waals surface area (Å²) in [6.45, 7) is 3.18. The summed E-state index contributed by atoms with van der Waals surface area (Å²) < 4.78 is 19.4. The van der Waals surface area contributed by atoms with Crippen molar-refractivity contribution in [1.29, 1.82) is 0 Å². The average molecular weight is 588 g/mol. The first-order valence-corrected chi connectivity index (χ1v) is 12.2. The van der Waals surface area contributed by atoms with Gasteiger partial charge in [-0.2, -0.15) is 0 Å². The third-order valence-electron chi connectivity index (χ3n) is 4.68. The van der Waals surface area contributed by atoms with Crippen LogP contribution >= 0.6 is 0 Å². The number of hydrogen-bond acceptors (Lipinski definition) is 9. The molecule has 0 amide bonds. The fourth-order valence-corrected chi connectivity index (χ4v) is 2.76. The van der Waals surface area contributed by atoms with Gasteiger partial charge in [0.25, 0.3) is 0 Å². The summed E-state index contributed by atoms with van der Waals surface area (Å²) in [6.07, 6.45) is 15.8. The van der Waals surface area contributed by atoms with Gasteiger partial charge in [-0.1, -0.05) is 0 Å². The minimum atomic E-state index is -0.464. The van der Waals surface area contributed by atoms with Crippen LogP contribution in [0.15, 0.2) is 35.2 Å². The second-order valence-electron chi connectivity index (χ2n) is 7.66. The van der Waals surface area contributed by atoms with Crippen LogP contribution < -0.4 is 0 Å². The summed E-state index contributed by atoms with van der Waals surface area (Å²) in [5.74, 6) is 0.375. The van der Waals surface area contributed by atoms with Gasteiger partial charge in [0, 0.05) is 45.8 Å². The molecule has 2 unspecified atom stereocenters. The van der Waals surface area contributed by atoms with Crippen molar-refractivity contribution in [3.8, 4) is 0 Å². The van der Waals surface area contributed by atoms with Gasteiger partial charge in [-0.25, -0.2) is 0 Å². The maximum Gasteiger partial charge on any atom is 1.00 e. The zero-order valence-corrected chi connectivity index (χ0v) is 22.6. The molecule has 4 rings (SSSR count). The smallest absolute Gasteiger partial charge is 0.502 e. The summed E-state index contributed by atoms with van der Waals surface area (Å²) in [6, 6.07) is 3.27. The van der Waals surface area contributed by atoms with Crippen molar-refractivity contribution in [3.63, 3.8) is 0 Å². The average Bonchev–Trinajstić information content (AvgIpc) is 3.62. The molecule has 0 bridgehead atoms. The number of furan rings is 1. The Kier molecular flexibility index (Phi) is 40.0. The van der Waals surface area contributed by atoms with Crippen molar-refractivity contribution in [1.82, 2.24) is 0 Å². The van der Waals surface area contributed by atoms with E-state index in [2.05, 4.69) is 4.42 Å². The fourth-order valence-electron chi connectivity index (χ4n) is 2.76. The number of allylic oxidation sites excluding steroid dienone is 1. The van der Waals surface area contributed by atoms with Crippen LogP contribution in [0, 0.1) is 0 Å². The third-order valence-corrected chi connectivity index (χ3v) is 4.68. The largest absolute Gasteiger partial charge is 1.00 e. The number of aliphatic hydroxyl groups excluding tert-OH is 4. The van der Waals surface area contributed by atoms with E-state index in [9.17, 15) is 4.79 Å². The second kappa shape index (κ2) is 34.7. The van der Waals surface area contributed by atoms with Gasteiger partial charge in [0.05, 0.1) is 31.8 Å². The summed E-state index contributed by atoms with van der Waals surface area (Å²) in [5.41, 5.74) is 0. The number of rotatable bonds is 6. The molecule has 1 aromatic rings. The van der Waals surface area contributed by atoms with Crippen LogP contribution in [0.3, 0.4) is 0 Å². The Morgan fingerprint density at radius 3 is 1.89 bits per heavy atom. The van der Waals surface area contributed by atoms with Gasteiger partial charge in [0.2, 0.25) is 0 Å². The molecule has 1 aromatic heterocycles. The summed E-state index contributed by atoms with van der Waals surface area (Å²) in [5, 5.41) is 33.6. The predicted octanol–water partition coefficient (Wildman–Crippen LogP) is 2.16. The van der Waals surface area contributed by atoms with Crippen molar-refractivity contribution < 1.29 is 75.6 Å². The van der Waals surface area contributed by atoms with Crippen molar-refractivity contribution in [2.24, 2.45) is 0 Å². The Bertz CT molecular complexity index is 550. The molecule has 0 spiro atoms. The maximum absolute atomic E-state index is 9.77. The molecular weight excluding hydrogens is 535 g/mol. The molecule has 11 nitrogen and oxygen atoms in total. The Labute approximate surface area is 234 Å². The number of hydrogen-bond donors (Lipinski definition) is 4. The number of carbonyl (C=O) groups excluding carboxylic acids is 1. The number of aliphatic hydroxyl groups is 4. The normalized spacial score (nSPS) is 18.8. The van der Waals surface area contributed by atoms with Crippen molar-refractivity contribution in [2.75, 3.05) is 39.6 Å². The van der Waals surface area contributed by atoms with Crippen LogP contribution in [0.4, 0.5) is 0 Å². The van der Waals surface area contributed by atoms with Gasteiger partial charge in [0.15, 0.2) is 18.3 Å². The molecular formula is C25H53NiO11+. The monoisotopic (exact) mass is 587 g/mol. The van der Waals surface area contributed by atoms with Crippen LogP contribution in [0.5, 0.6) is 0 Å². The molecule has 228 valence electrons. The van der Waals surface area contributed by atoms with E-state index in [1.54, 1.807) is 18.4 Å². The molecule has 12 heteroatoms. The van der Waals surface area contributed by atoms with Gasteiger partial charge >= 0.3 is 1.43 Å². The van der Waals surface area contributed by atoms with Gasteiger partial charge in [-0.3, -0.25) is 4.79 Å². The van der Waals surface area contributed by atoms with E-state index in [-0.39, 0.29) is 57.6 Å². The summed E-state index contributed by atoms with van der Waals surface area (Å²) >= 11 is 0. The van der Waals surface area contributed by atoms with E-state index in [1.165, 1.54) is 19.1 Å². The van der Waals surface area contributed by atoms with Gasteiger partial charge in [-0.05, 0) is 82.4 Å². The molecule has 3 aliphatic heterocycles. The van der Waals surface area contributed by atoms with Crippen LogP contribution in [0.1, 0.15) is 79.0 Å². The SMILES string of the molecule is C1=COCCC1.O.O.O=Cc1ccco1.OC1CCCCO1.OCC1CCCO1.OCCCCCO.[H+].[HH].[HH].[Ni]. The molecule has 0 aliphatic carbocycles. The van der Waals surface area contributed by atoms with E-state index < -0.39 is 6.29 Å². The van der Waals surface area contributed by atoms with E-state index in [0.717, 1.165) is 71.2 Å². The Morgan fingerprint density at radius 2 is 1.65 bits per heavy atom. The number of aldehydes is 1. The van der Waals surface area contributed by atoms with Crippen LogP contribution in [0.25, 0.3) is 0 Å². The molecule has 2 atom stereocenters. The van der Waals surface area contributed by atoms with Crippen LogP contribution in [0.2, 0.25) is 0 Å². The number of ether oxygens (including phenoxy) is 3. The van der Waals surface area contributed by atoms with Crippen LogP contribution in [-0.2, 0) is 30.7 Å². The molecule has 37 heavy (non-hydrogen) atoms. The van der Waals surface area contributed by atoms with E-state index in [1.807, 2.05) is 6.08 Å². The van der Waals surface area contributed by atoms with Crippen LogP contribution in [-0.4, -0.2) is 89.7 Å². The molecule has 0 saturated carbocycles. The zero-order valence-electron chi connectivity index (χ0n) is 22.6. The van der Waals surface area contributed by atoms with Gasteiger partial charge in [0.1, 0.15) is 0 Å². The molecule has 3 aliphatic rings. The second-order valence-corrected chi connectivity index (χ2v) is 7.66. The molecule has 2 fully saturated rings. The number of unbranched alkanes of at least 4 members (excludes halogenated alkanes) is 2. The minimum absolute atomic E-state index is 0. The quantitative estimate of drug-likeness (QED) is 0.218. The van der Waals surface area contributed by atoms with Crippen molar-refractivity contribution in [2.45, 2.75) is 76.6 Å². The van der Waals surface area contributed by atoms with Gasteiger partial charge in [-0.15, -0.1) is 0 Å². The van der Waals surface area contributed by atoms with Crippen molar-refractivity contribution >= 4 is 6.29 Å². The maximum atomic E-state index is 9.77. The first-order chi connectivity index (χ1) is 16.7. The Hall–Kier alpha value is -1.34. The third kappa shape index (κ3) is 30.8. The van der Waals surface area contributed by atoms with E-state index in [4.69, 9.17) is 34.6 Å².